The molecule has 0 saturated carbocycles. The SMILES string of the molecule is O=C(OCc1nc(-c2ccccc2)no1)c1ccc(C(=O)c2ccccc2)cc1. The van der Waals surface area contributed by atoms with E-state index < -0.39 is 5.97 Å². The molecule has 4 rings (SSSR count). The molecule has 142 valence electrons. The van der Waals surface area contributed by atoms with Crippen LogP contribution in [-0.2, 0) is 11.3 Å². The van der Waals surface area contributed by atoms with E-state index in [2.05, 4.69) is 10.1 Å². The molecular formula is C23H16N2O4. The summed E-state index contributed by atoms with van der Waals surface area (Å²) in [6.45, 7) is -0.136. The van der Waals surface area contributed by atoms with Gasteiger partial charge in [0.05, 0.1) is 5.56 Å². The molecule has 0 atom stereocenters. The molecular weight excluding hydrogens is 368 g/mol. The van der Waals surface area contributed by atoms with Crippen molar-refractivity contribution in [2.75, 3.05) is 0 Å². The second-order valence-electron chi connectivity index (χ2n) is 6.23. The molecule has 1 aromatic heterocycles. The summed E-state index contributed by atoms with van der Waals surface area (Å²) in [5.41, 5.74) is 2.23. The van der Waals surface area contributed by atoms with Crippen molar-refractivity contribution < 1.29 is 18.8 Å². The van der Waals surface area contributed by atoms with E-state index in [4.69, 9.17) is 9.26 Å². The van der Waals surface area contributed by atoms with Gasteiger partial charge >= 0.3 is 5.97 Å². The van der Waals surface area contributed by atoms with Gasteiger partial charge in [0.25, 0.3) is 5.89 Å². The number of aromatic nitrogens is 2. The fraction of sp³-hybridized carbons (Fsp3) is 0.0435. The number of ether oxygens (including phenoxy) is 1. The molecule has 6 heteroatoms. The molecule has 0 spiro atoms. The third-order valence-corrected chi connectivity index (χ3v) is 4.25. The van der Waals surface area contributed by atoms with Gasteiger partial charge < -0.3 is 9.26 Å². The molecule has 29 heavy (non-hydrogen) atoms. The fourth-order valence-electron chi connectivity index (χ4n) is 2.74. The van der Waals surface area contributed by atoms with Gasteiger partial charge in [0.15, 0.2) is 12.4 Å². The van der Waals surface area contributed by atoms with Crippen molar-refractivity contribution >= 4 is 11.8 Å². The first kappa shape index (κ1) is 18.3. The third kappa shape index (κ3) is 4.27. The number of hydrogen-bond acceptors (Lipinski definition) is 6. The summed E-state index contributed by atoms with van der Waals surface area (Å²) in [6.07, 6.45) is 0. The maximum atomic E-state index is 12.4. The fourth-order valence-corrected chi connectivity index (χ4v) is 2.74. The smallest absolute Gasteiger partial charge is 0.338 e. The van der Waals surface area contributed by atoms with Crippen molar-refractivity contribution in [3.63, 3.8) is 0 Å². The molecule has 6 nitrogen and oxygen atoms in total. The largest absolute Gasteiger partial charge is 0.452 e. The van der Waals surface area contributed by atoms with Gasteiger partial charge in [-0.2, -0.15) is 4.98 Å². The number of esters is 1. The Labute approximate surface area is 166 Å². The Bertz CT molecular complexity index is 1120. The van der Waals surface area contributed by atoms with Crippen LogP contribution in [0, 0.1) is 0 Å². The highest BCUT2D eigenvalue weighted by Gasteiger charge is 2.14. The third-order valence-electron chi connectivity index (χ3n) is 4.25. The Balaban J connectivity index is 1.38. The predicted octanol–water partition coefficient (Wildman–Crippen LogP) is 4.32. The molecule has 3 aromatic carbocycles. The van der Waals surface area contributed by atoms with Crippen LogP contribution in [-0.4, -0.2) is 21.9 Å². The van der Waals surface area contributed by atoms with E-state index in [9.17, 15) is 9.59 Å². The number of hydrogen-bond donors (Lipinski definition) is 0. The van der Waals surface area contributed by atoms with E-state index in [0.29, 0.717) is 22.5 Å². The monoisotopic (exact) mass is 384 g/mol. The Morgan fingerprint density at radius 2 is 1.34 bits per heavy atom. The zero-order valence-corrected chi connectivity index (χ0v) is 15.3. The standard InChI is InChI=1S/C23H16N2O4/c26-21(16-7-3-1-4-8-16)17-11-13-19(14-12-17)23(27)28-15-20-24-22(25-29-20)18-9-5-2-6-10-18/h1-14H,15H2. The number of nitrogens with zero attached hydrogens (tertiary/aromatic N) is 2. The summed E-state index contributed by atoms with van der Waals surface area (Å²) in [5.74, 6) is -0.0125. The van der Waals surface area contributed by atoms with E-state index in [1.54, 1.807) is 48.5 Å². The van der Waals surface area contributed by atoms with Crippen LogP contribution in [0.4, 0.5) is 0 Å². The number of carbonyl (C=O) groups is 2. The molecule has 0 aliphatic heterocycles. The van der Waals surface area contributed by atoms with Crippen LogP contribution in [0.15, 0.2) is 89.5 Å². The van der Waals surface area contributed by atoms with Gasteiger partial charge in [-0.15, -0.1) is 0 Å². The van der Waals surface area contributed by atoms with Crippen LogP contribution in [0.3, 0.4) is 0 Å². The molecule has 0 N–H and O–H groups in total. The lowest BCUT2D eigenvalue weighted by Crippen LogP contribution is -2.07. The average Bonchev–Trinajstić information content (AvgIpc) is 3.27. The number of rotatable bonds is 6. The minimum absolute atomic E-state index is 0.107. The van der Waals surface area contributed by atoms with Crippen molar-refractivity contribution in [3.8, 4) is 11.4 Å². The molecule has 0 bridgehead atoms. The first-order valence-electron chi connectivity index (χ1n) is 8.95. The highest BCUT2D eigenvalue weighted by molar-refractivity contribution is 6.09. The average molecular weight is 384 g/mol. The first-order chi connectivity index (χ1) is 14.2. The summed E-state index contributed by atoms with van der Waals surface area (Å²) >= 11 is 0. The van der Waals surface area contributed by atoms with E-state index >= 15 is 0 Å². The maximum absolute atomic E-state index is 12.4. The van der Waals surface area contributed by atoms with Gasteiger partial charge in [-0.05, 0) is 12.1 Å². The Kier molecular flexibility index (Phi) is 5.25. The zero-order chi connectivity index (χ0) is 20.1. The molecule has 1 heterocycles. The molecule has 0 amide bonds. The van der Waals surface area contributed by atoms with Gasteiger partial charge in [-0.3, -0.25) is 4.79 Å². The lowest BCUT2D eigenvalue weighted by atomic mass is 10.0. The van der Waals surface area contributed by atoms with Crippen molar-refractivity contribution in [1.82, 2.24) is 10.1 Å². The predicted molar refractivity (Wildman–Crippen MR) is 105 cm³/mol. The number of ketones is 1. The minimum atomic E-state index is -0.539. The summed E-state index contributed by atoms with van der Waals surface area (Å²) < 4.78 is 10.4. The van der Waals surface area contributed by atoms with Gasteiger partial charge in [0, 0.05) is 16.7 Å². The van der Waals surface area contributed by atoms with Crippen LogP contribution >= 0.6 is 0 Å². The van der Waals surface area contributed by atoms with Crippen molar-refractivity contribution in [2.45, 2.75) is 6.61 Å². The van der Waals surface area contributed by atoms with E-state index in [0.717, 1.165) is 5.56 Å². The van der Waals surface area contributed by atoms with Crippen LogP contribution in [0.5, 0.6) is 0 Å². The molecule has 0 fully saturated rings. The molecule has 0 aliphatic rings. The van der Waals surface area contributed by atoms with Gasteiger partial charge in [-0.25, -0.2) is 4.79 Å². The minimum Gasteiger partial charge on any atom is -0.452 e. The second-order valence-corrected chi connectivity index (χ2v) is 6.23. The normalized spacial score (nSPS) is 10.5. The highest BCUT2D eigenvalue weighted by Crippen LogP contribution is 2.16. The Hall–Kier alpha value is -4.06. The summed E-state index contributed by atoms with van der Waals surface area (Å²) in [5, 5.41) is 3.88. The molecule has 0 saturated heterocycles. The number of benzene rings is 3. The summed E-state index contributed by atoms with van der Waals surface area (Å²) in [4.78, 5) is 28.9. The van der Waals surface area contributed by atoms with Gasteiger partial charge in [0.1, 0.15) is 0 Å². The first-order valence-corrected chi connectivity index (χ1v) is 8.95. The van der Waals surface area contributed by atoms with Crippen molar-refractivity contribution in [1.29, 1.82) is 0 Å². The van der Waals surface area contributed by atoms with E-state index in [1.165, 1.54) is 0 Å². The molecule has 0 unspecified atom stereocenters. The highest BCUT2D eigenvalue weighted by atomic mass is 16.6. The molecule has 0 aliphatic carbocycles. The number of carbonyl (C=O) groups excluding carboxylic acids is 2. The molecule has 0 radical (unpaired) electrons. The molecule has 4 aromatic rings. The topological polar surface area (TPSA) is 82.3 Å². The van der Waals surface area contributed by atoms with Crippen molar-refractivity contribution in [2.24, 2.45) is 0 Å². The van der Waals surface area contributed by atoms with Gasteiger partial charge in [0.2, 0.25) is 5.82 Å². The maximum Gasteiger partial charge on any atom is 0.338 e. The lowest BCUT2D eigenvalue weighted by Gasteiger charge is -2.04. The van der Waals surface area contributed by atoms with Crippen LogP contribution in [0.25, 0.3) is 11.4 Å². The zero-order valence-electron chi connectivity index (χ0n) is 15.3. The van der Waals surface area contributed by atoms with Crippen molar-refractivity contribution in [3.05, 3.63) is 108 Å². The van der Waals surface area contributed by atoms with Crippen LogP contribution < -0.4 is 0 Å². The Morgan fingerprint density at radius 3 is 2.03 bits per heavy atom. The quantitative estimate of drug-likeness (QED) is 0.364. The van der Waals surface area contributed by atoms with E-state index in [-0.39, 0.29) is 18.3 Å². The van der Waals surface area contributed by atoms with Crippen LogP contribution in [0.1, 0.15) is 32.2 Å². The van der Waals surface area contributed by atoms with Crippen LogP contribution in [0.2, 0.25) is 0 Å². The second kappa shape index (κ2) is 8.31. The Morgan fingerprint density at radius 1 is 0.759 bits per heavy atom. The lowest BCUT2D eigenvalue weighted by molar-refractivity contribution is 0.0429. The van der Waals surface area contributed by atoms with Gasteiger partial charge in [-0.1, -0.05) is 78.0 Å². The summed E-state index contributed by atoms with van der Waals surface area (Å²) in [7, 11) is 0. The van der Waals surface area contributed by atoms with E-state index in [1.807, 2.05) is 36.4 Å². The summed E-state index contributed by atoms with van der Waals surface area (Å²) in [6, 6.07) is 24.6.